The van der Waals surface area contributed by atoms with Crippen molar-refractivity contribution in [3.05, 3.63) is 65.0 Å². The van der Waals surface area contributed by atoms with Crippen LogP contribution in [0.5, 0.6) is 11.6 Å². The molecule has 0 aliphatic heterocycles. The van der Waals surface area contributed by atoms with E-state index in [0.717, 1.165) is 15.6 Å². The van der Waals surface area contributed by atoms with Crippen LogP contribution in [0.15, 0.2) is 59.5 Å². The molecule has 7 nitrogen and oxygen atoms in total. The highest BCUT2D eigenvalue weighted by atomic mass is 79.9. The molecule has 3 rings (SSSR count). The summed E-state index contributed by atoms with van der Waals surface area (Å²) in [6, 6.07) is 11.2. The van der Waals surface area contributed by atoms with Gasteiger partial charge < -0.3 is 15.6 Å². The fourth-order valence-corrected chi connectivity index (χ4v) is 2.25. The van der Waals surface area contributed by atoms with E-state index in [0.29, 0.717) is 24.0 Å². The van der Waals surface area contributed by atoms with Gasteiger partial charge in [0.2, 0.25) is 5.88 Å². The molecule has 0 fully saturated rings. The number of benzene rings is 1. The minimum atomic E-state index is -5.08. The van der Waals surface area contributed by atoms with E-state index in [1.165, 1.54) is 0 Å². The number of hydrogen-bond acceptors (Lipinski definition) is 6. The molecule has 0 spiro atoms. The van der Waals surface area contributed by atoms with Crippen LogP contribution in [0.1, 0.15) is 5.56 Å². The summed E-state index contributed by atoms with van der Waals surface area (Å²) < 4.78 is 38.4. The van der Waals surface area contributed by atoms with Crippen molar-refractivity contribution in [2.45, 2.75) is 12.7 Å². The van der Waals surface area contributed by atoms with Crippen molar-refractivity contribution in [2.75, 3.05) is 0 Å². The molecule has 1 aromatic carbocycles. The van der Waals surface area contributed by atoms with Gasteiger partial charge in [-0.15, -0.1) is 0 Å². The third-order valence-electron chi connectivity index (χ3n) is 3.22. The molecule has 0 aliphatic carbocycles. The van der Waals surface area contributed by atoms with Crippen LogP contribution in [0.3, 0.4) is 0 Å². The minimum absolute atomic E-state index is 0.477. The van der Waals surface area contributed by atoms with Crippen molar-refractivity contribution in [1.82, 2.24) is 15.0 Å². The summed E-state index contributed by atoms with van der Waals surface area (Å²) in [5.74, 6) is -1.02. The van der Waals surface area contributed by atoms with Gasteiger partial charge in [0.25, 0.3) is 0 Å². The number of pyridine rings is 1. The summed E-state index contributed by atoms with van der Waals surface area (Å²) in [7, 11) is 0. The number of carboxylic acid groups (broad SMARTS) is 1. The van der Waals surface area contributed by atoms with Gasteiger partial charge in [0.15, 0.2) is 5.82 Å². The number of rotatable bonds is 4. The van der Waals surface area contributed by atoms with Gasteiger partial charge in [-0.05, 0) is 39.7 Å². The van der Waals surface area contributed by atoms with Crippen LogP contribution < -0.4 is 10.5 Å². The Kier molecular flexibility index (Phi) is 7.62. The highest BCUT2D eigenvalue weighted by Crippen LogP contribution is 2.23. The lowest BCUT2D eigenvalue weighted by Crippen LogP contribution is -2.21. The van der Waals surface area contributed by atoms with Crippen LogP contribution in [0, 0.1) is 0 Å². The number of ether oxygens (including phenoxy) is 1. The zero-order valence-corrected chi connectivity index (χ0v) is 16.2. The minimum Gasteiger partial charge on any atom is -0.475 e. The molecule has 0 aliphatic rings. The molecule has 3 aromatic rings. The van der Waals surface area contributed by atoms with Crippen LogP contribution in [-0.2, 0) is 11.3 Å². The zero-order valence-electron chi connectivity index (χ0n) is 14.6. The predicted octanol–water partition coefficient (Wildman–Crippen LogP) is 4.19. The molecule has 0 saturated carbocycles. The van der Waals surface area contributed by atoms with Crippen molar-refractivity contribution >= 4 is 21.9 Å². The summed E-state index contributed by atoms with van der Waals surface area (Å²) in [6.07, 6.45) is -0.00438. The van der Waals surface area contributed by atoms with Crippen LogP contribution >= 0.6 is 15.9 Å². The van der Waals surface area contributed by atoms with Crippen LogP contribution in [0.4, 0.5) is 13.2 Å². The number of nitrogens with zero attached hydrogens (tertiary/aromatic N) is 3. The molecule has 2 heterocycles. The number of aliphatic carboxylic acids is 1. The normalized spacial score (nSPS) is 10.7. The Morgan fingerprint density at radius 3 is 2.38 bits per heavy atom. The molecule has 2 aromatic heterocycles. The molecule has 152 valence electrons. The van der Waals surface area contributed by atoms with Crippen LogP contribution in [0.25, 0.3) is 11.4 Å². The molecule has 11 heteroatoms. The number of halogens is 4. The van der Waals surface area contributed by atoms with Gasteiger partial charge in [0, 0.05) is 41.2 Å². The smallest absolute Gasteiger partial charge is 0.475 e. The van der Waals surface area contributed by atoms with Gasteiger partial charge >= 0.3 is 12.1 Å². The average molecular weight is 471 g/mol. The molecule has 0 unspecified atom stereocenters. The first kappa shape index (κ1) is 22.2. The van der Waals surface area contributed by atoms with E-state index in [9.17, 15) is 13.2 Å². The lowest BCUT2D eigenvalue weighted by atomic mass is 10.2. The van der Waals surface area contributed by atoms with Crippen molar-refractivity contribution in [1.29, 1.82) is 0 Å². The summed E-state index contributed by atoms with van der Waals surface area (Å²) in [5, 5.41) is 7.12. The Hall–Kier alpha value is -3.05. The Bertz CT molecular complexity index is 969. The fourth-order valence-electron chi connectivity index (χ4n) is 1.89. The largest absolute Gasteiger partial charge is 0.490 e. The summed E-state index contributed by atoms with van der Waals surface area (Å²) in [5.41, 5.74) is 7.45. The van der Waals surface area contributed by atoms with E-state index in [-0.39, 0.29) is 0 Å². The Balaban J connectivity index is 0.000000370. The van der Waals surface area contributed by atoms with Crippen LogP contribution in [0.2, 0.25) is 0 Å². The number of carboxylic acids is 1. The van der Waals surface area contributed by atoms with E-state index in [1.807, 2.05) is 30.3 Å². The zero-order chi connectivity index (χ0) is 21.4. The first-order valence-corrected chi connectivity index (χ1v) is 8.69. The Morgan fingerprint density at radius 2 is 1.83 bits per heavy atom. The maximum Gasteiger partial charge on any atom is 0.490 e. The third kappa shape index (κ3) is 7.12. The second-order valence-corrected chi connectivity index (χ2v) is 6.28. The first-order valence-electron chi connectivity index (χ1n) is 7.90. The topological polar surface area (TPSA) is 111 Å². The number of carbonyl (C=O) groups is 1. The average Bonchev–Trinajstić information content (AvgIpc) is 2.68. The van der Waals surface area contributed by atoms with Crippen molar-refractivity contribution in [2.24, 2.45) is 5.73 Å². The van der Waals surface area contributed by atoms with E-state index in [1.54, 1.807) is 24.7 Å². The number of alkyl halides is 3. The molecule has 0 atom stereocenters. The van der Waals surface area contributed by atoms with Gasteiger partial charge in [-0.25, -0.2) is 9.78 Å². The maximum absolute atomic E-state index is 10.6. The molecule has 0 bridgehead atoms. The maximum atomic E-state index is 10.6. The van der Waals surface area contributed by atoms with Gasteiger partial charge in [-0.3, -0.25) is 4.98 Å². The fraction of sp³-hybridized carbons (Fsp3) is 0.111. The van der Waals surface area contributed by atoms with E-state index < -0.39 is 12.1 Å². The van der Waals surface area contributed by atoms with Gasteiger partial charge in [-0.2, -0.15) is 18.2 Å². The Labute approximate surface area is 171 Å². The molecule has 0 saturated heterocycles. The highest BCUT2D eigenvalue weighted by Gasteiger charge is 2.38. The Morgan fingerprint density at radius 1 is 1.17 bits per heavy atom. The van der Waals surface area contributed by atoms with Gasteiger partial charge in [0.1, 0.15) is 5.75 Å². The van der Waals surface area contributed by atoms with Crippen LogP contribution in [-0.4, -0.2) is 32.2 Å². The van der Waals surface area contributed by atoms with E-state index in [4.69, 9.17) is 20.4 Å². The molecule has 29 heavy (non-hydrogen) atoms. The SMILES string of the molecule is NCc1ccc(Oc2ccnc(-c3cncc(Br)c3)n2)cc1.O=C(O)C(F)(F)F. The van der Waals surface area contributed by atoms with Crippen molar-refractivity contribution in [3.8, 4) is 23.0 Å². The summed E-state index contributed by atoms with van der Waals surface area (Å²) in [6.45, 7) is 0.508. The molecule has 0 radical (unpaired) electrons. The second kappa shape index (κ2) is 9.94. The van der Waals surface area contributed by atoms with E-state index >= 15 is 0 Å². The molecule has 3 N–H and O–H groups in total. The van der Waals surface area contributed by atoms with Crippen molar-refractivity contribution in [3.63, 3.8) is 0 Å². The molecule has 0 amide bonds. The molecular formula is C18H14BrF3N4O3. The number of hydrogen-bond donors (Lipinski definition) is 2. The summed E-state index contributed by atoms with van der Waals surface area (Å²) >= 11 is 3.39. The quantitative estimate of drug-likeness (QED) is 0.587. The second-order valence-electron chi connectivity index (χ2n) is 5.36. The van der Waals surface area contributed by atoms with E-state index in [2.05, 4.69) is 30.9 Å². The predicted molar refractivity (Wildman–Crippen MR) is 101 cm³/mol. The highest BCUT2D eigenvalue weighted by molar-refractivity contribution is 9.10. The van der Waals surface area contributed by atoms with Gasteiger partial charge in [-0.1, -0.05) is 12.1 Å². The number of aromatic nitrogens is 3. The van der Waals surface area contributed by atoms with Gasteiger partial charge in [0.05, 0.1) is 0 Å². The molecular weight excluding hydrogens is 457 g/mol. The third-order valence-corrected chi connectivity index (χ3v) is 3.65. The lowest BCUT2D eigenvalue weighted by molar-refractivity contribution is -0.192. The lowest BCUT2D eigenvalue weighted by Gasteiger charge is -2.07. The standard InChI is InChI=1S/C16H13BrN4O.C2HF3O2/c17-13-7-12(9-19-10-13)16-20-6-5-15(21-16)22-14-3-1-11(8-18)2-4-14;3-2(4,5)1(6)7/h1-7,9-10H,8,18H2;(H,6,7). The monoisotopic (exact) mass is 470 g/mol. The van der Waals surface area contributed by atoms with Crippen molar-refractivity contribution < 1.29 is 27.8 Å². The number of nitrogens with two attached hydrogens (primary N) is 1. The first-order chi connectivity index (χ1) is 13.7. The summed E-state index contributed by atoms with van der Waals surface area (Å²) in [4.78, 5) is 21.7.